The smallest absolute Gasteiger partial charge is 0.167 e. The first-order chi connectivity index (χ1) is 14.0. The van der Waals surface area contributed by atoms with Crippen LogP contribution in [0.5, 0.6) is 0 Å². The molecule has 0 fully saturated rings. The molecule has 0 amide bonds. The maximum Gasteiger partial charge on any atom is 0.167 e. The number of hydrogen-bond acceptors (Lipinski definition) is 4. The molecule has 0 bridgehead atoms. The Balaban J connectivity index is 1.96. The molecule has 1 N–H and O–H groups in total. The van der Waals surface area contributed by atoms with Crippen LogP contribution in [-0.4, -0.2) is 10.8 Å². The largest absolute Gasteiger partial charge is 0.348 e. The van der Waals surface area contributed by atoms with E-state index in [2.05, 4.69) is 15.3 Å². The number of allylic oxidation sites excluding steroid dienone is 2. The molecule has 0 unspecified atom stereocenters. The first-order valence-corrected chi connectivity index (χ1v) is 10.8. The number of rotatable bonds is 6. The molecular weight excluding hydrogens is 401 g/mol. The number of benzene rings is 2. The third-order valence-corrected chi connectivity index (χ3v) is 5.97. The molecule has 3 rings (SSSR count). The predicted molar refractivity (Wildman–Crippen MR) is 121 cm³/mol. The number of aliphatic imine (C=N–C) groups is 1. The molecule has 29 heavy (non-hydrogen) atoms. The highest BCUT2D eigenvalue weighted by Crippen LogP contribution is 2.38. The van der Waals surface area contributed by atoms with Crippen molar-refractivity contribution >= 4 is 35.2 Å². The Morgan fingerprint density at radius 1 is 0.966 bits per heavy atom. The minimum atomic E-state index is -0.256. The fourth-order valence-electron chi connectivity index (χ4n) is 2.45. The molecule has 0 radical (unpaired) electrons. The van der Waals surface area contributed by atoms with E-state index in [0.29, 0.717) is 10.7 Å². The molecule has 0 spiro atoms. The molecule has 0 aliphatic heterocycles. The third kappa shape index (κ3) is 6.21. The van der Waals surface area contributed by atoms with Crippen LogP contribution < -0.4 is 5.32 Å². The van der Waals surface area contributed by atoms with Gasteiger partial charge in [0.15, 0.2) is 5.82 Å². The van der Waals surface area contributed by atoms with Gasteiger partial charge in [0.05, 0.1) is 4.90 Å². The number of halogens is 1. The predicted octanol–water partition coefficient (Wildman–Crippen LogP) is 7.09. The summed E-state index contributed by atoms with van der Waals surface area (Å²) >= 11 is 2.95. The number of amidine groups is 1. The van der Waals surface area contributed by atoms with E-state index in [1.165, 1.54) is 17.8 Å². The van der Waals surface area contributed by atoms with Crippen molar-refractivity contribution in [1.82, 2.24) is 10.3 Å². The van der Waals surface area contributed by atoms with Crippen molar-refractivity contribution in [2.24, 2.45) is 4.99 Å². The van der Waals surface area contributed by atoms with E-state index in [9.17, 15) is 4.39 Å². The summed E-state index contributed by atoms with van der Waals surface area (Å²) in [4.78, 5) is 12.6. The van der Waals surface area contributed by atoms with Crippen molar-refractivity contribution in [2.75, 3.05) is 0 Å². The molecule has 6 heteroatoms. The Morgan fingerprint density at radius 2 is 1.69 bits per heavy atom. The fraction of sp³-hybridized carbons (Fsp3) is 0.130. The number of nitrogens with zero attached hydrogens (tertiary/aromatic N) is 2. The minimum absolute atomic E-state index is 0.256. The molecule has 3 aromatic rings. The van der Waals surface area contributed by atoms with Crippen LogP contribution in [0.1, 0.15) is 20.8 Å². The molecular formula is C23H22FN3S2. The standard InChI is InChI=1S/C23H22FN3S2/c1-4-16(2)26-17(3)27-23-22(29-21-13-9-8-12-20(21)24)14-19(15-25-23)28-18-10-6-5-7-11-18/h4-15H,1-3H3,(H,25,26,27)/b16-4-. The zero-order valence-electron chi connectivity index (χ0n) is 16.5. The number of hydrogen-bond donors (Lipinski definition) is 1. The van der Waals surface area contributed by atoms with Crippen molar-refractivity contribution < 1.29 is 4.39 Å². The Labute approximate surface area is 179 Å². The zero-order chi connectivity index (χ0) is 20.6. The van der Waals surface area contributed by atoms with Gasteiger partial charge in [-0.2, -0.15) is 0 Å². The van der Waals surface area contributed by atoms with Gasteiger partial charge in [-0.15, -0.1) is 0 Å². The van der Waals surface area contributed by atoms with Gasteiger partial charge in [-0.25, -0.2) is 14.4 Å². The summed E-state index contributed by atoms with van der Waals surface area (Å²) in [5.41, 5.74) is 1.01. The normalized spacial score (nSPS) is 12.1. The second-order valence-electron chi connectivity index (χ2n) is 6.23. The number of pyridine rings is 1. The van der Waals surface area contributed by atoms with Gasteiger partial charge in [0.25, 0.3) is 0 Å². The van der Waals surface area contributed by atoms with Gasteiger partial charge in [0.2, 0.25) is 0 Å². The summed E-state index contributed by atoms with van der Waals surface area (Å²) in [7, 11) is 0. The van der Waals surface area contributed by atoms with Crippen LogP contribution in [-0.2, 0) is 0 Å². The summed E-state index contributed by atoms with van der Waals surface area (Å²) < 4.78 is 14.2. The van der Waals surface area contributed by atoms with Crippen molar-refractivity contribution in [3.8, 4) is 0 Å². The van der Waals surface area contributed by atoms with Crippen molar-refractivity contribution in [1.29, 1.82) is 0 Å². The highest BCUT2D eigenvalue weighted by atomic mass is 32.2. The van der Waals surface area contributed by atoms with Crippen LogP contribution in [0.2, 0.25) is 0 Å². The highest BCUT2D eigenvalue weighted by molar-refractivity contribution is 8.00. The van der Waals surface area contributed by atoms with Crippen LogP contribution in [0, 0.1) is 5.82 Å². The van der Waals surface area contributed by atoms with Crippen LogP contribution in [0.15, 0.2) is 103 Å². The van der Waals surface area contributed by atoms with E-state index in [4.69, 9.17) is 0 Å². The van der Waals surface area contributed by atoms with E-state index < -0.39 is 0 Å². The minimum Gasteiger partial charge on any atom is -0.348 e. The maximum absolute atomic E-state index is 14.2. The third-order valence-electron chi connectivity index (χ3n) is 3.93. The van der Waals surface area contributed by atoms with Crippen molar-refractivity contribution in [3.05, 3.63) is 84.5 Å². The van der Waals surface area contributed by atoms with E-state index in [1.54, 1.807) is 30.1 Å². The Bertz CT molecular complexity index is 1030. The highest BCUT2D eigenvalue weighted by Gasteiger charge is 2.11. The lowest BCUT2D eigenvalue weighted by molar-refractivity contribution is 0.602. The zero-order valence-corrected chi connectivity index (χ0v) is 18.2. The van der Waals surface area contributed by atoms with Crippen LogP contribution in [0.3, 0.4) is 0 Å². The van der Waals surface area contributed by atoms with Crippen molar-refractivity contribution in [2.45, 2.75) is 40.4 Å². The first-order valence-electron chi connectivity index (χ1n) is 9.15. The second-order valence-corrected chi connectivity index (χ2v) is 8.46. The Kier molecular flexibility index (Phi) is 7.49. The second kappa shape index (κ2) is 10.3. The molecule has 2 aromatic carbocycles. The number of aromatic nitrogens is 1. The quantitative estimate of drug-likeness (QED) is 0.339. The molecule has 1 aromatic heterocycles. The van der Waals surface area contributed by atoms with Crippen LogP contribution in [0.25, 0.3) is 0 Å². The van der Waals surface area contributed by atoms with Gasteiger partial charge in [-0.05, 0) is 51.1 Å². The summed E-state index contributed by atoms with van der Waals surface area (Å²) in [6.45, 7) is 5.82. The molecule has 148 valence electrons. The lowest BCUT2D eigenvalue weighted by atomic mass is 10.3. The van der Waals surface area contributed by atoms with E-state index in [0.717, 1.165) is 26.2 Å². The number of nitrogens with one attached hydrogen (secondary N) is 1. The maximum atomic E-state index is 14.2. The molecule has 0 atom stereocenters. The fourth-order valence-corrected chi connectivity index (χ4v) is 4.30. The Morgan fingerprint density at radius 3 is 2.41 bits per heavy atom. The molecule has 0 saturated carbocycles. The monoisotopic (exact) mass is 423 g/mol. The summed E-state index contributed by atoms with van der Waals surface area (Å²) in [5, 5.41) is 3.22. The molecule has 0 saturated heterocycles. The van der Waals surface area contributed by atoms with Gasteiger partial charge in [0.1, 0.15) is 11.7 Å². The topological polar surface area (TPSA) is 37.3 Å². The first kappa shape index (κ1) is 21.1. The summed E-state index contributed by atoms with van der Waals surface area (Å²) in [5.74, 6) is 1.03. The molecule has 0 aliphatic carbocycles. The van der Waals surface area contributed by atoms with Crippen LogP contribution in [0.4, 0.5) is 10.2 Å². The summed E-state index contributed by atoms with van der Waals surface area (Å²) in [6, 6.07) is 18.8. The van der Waals surface area contributed by atoms with Gasteiger partial charge in [-0.1, -0.05) is 59.9 Å². The van der Waals surface area contributed by atoms with Crippen LogP contribution >= 0.6 is 23.5 Å². The van der Waals surface area contributed by atoms with E-state index in [-0.39, 0.29) is 5.82 Å². The van der Waals surface area contributed by atoms with Gasteiger partial charge in [0, 0.05) is 26.6 Å². The molecule has 1 heterocycles. The van der Waals surface area contributed by atoms with Gasteiger partial charge >= 0.3 is 0 Å². The van der Waals surface area contributed by atoms with Gasteiger partial charge < -0.3 is 5.32 Å². The summed E-state index contributed by atoms with van der Waals surface area (Å²) in [6.07, 6.45) is 3.78. The van der Waals surface area contributed by atoms with E-state index >= 15 is 0 Å². The Hall–Kier alpha value is -2.57. The van der Waals surface area contributed by atoms with Crippen molar-refractivity contribution in [3.63, 3.8) is 0 Å². The average molecular weight is 424 g/mol. The van der Waals surface area contributed by atoms with E-state index in [1.807, 2.05) is 69.3 Å². The average Bonchev–Trinajstić information content (AvgIpc) is 2.72. The SMILES string of the molecule is C/C=C(/C)N/C(C)=N/c1ncc(Sc2ccccc2)cc1Sc1ccccc1F. The lowest BCUT2D eigenvalue weighted by Crippen LogP contribution is -2.17. The lowest BCUT2D eigenvalue weighted by Gasteiger charge is -2.10. The molecule has 0 aliphatic rings. The van der Waals surface area contributed by atoms with Gasteiger partial charge in [-0.3, -0.25) is 0 Å². The molecule has 3 nitrogen and oxygen atoms in total.